The molecule has 92 valence electrons. The molecule has 2 aromatic heterocycles. The first-order valence-corrected chi connectivity index (χ1v) is 7.67. The highest BCUT2D eigenvalue weighted by Crippen LogP contribution is 2.33. The zero-order valence-corrected chi connectivity index (χ0v) is 12.4. The fraction of sp³-hybridized carbons (Fsp3) is 0.538. The molecule has 2 rings (SSSR count). The van der Waals surface area contributed by atoms with Crippen molar-refractivity contribution in [2.24, 2.45) is 5.92 Å². The maximum absolute atomic E-state index is 4.77. The molecule has 0 aliphatic heterocycles. The van der Waals surface area contributed by atoms with Crippen LogP contribution in [0.4, 0.5) is 0 Å². The van der Waals surface area contributed by atoms with E-state index in [-0.39, 0.29) is 0 Å². The Morgan fingerprint density at radius 3 is 2.47 bits per heavy atom. The summed E-state index contributed by atoms with van der Waals surface area (Å²) in [7, 11) is 0. The summed E-state index contributed by atoms with van der Waals surface area (Å²) in [5.74, 6) is 1.17. The number of nitrogens with zero attached hydrogens (tertiary/aromatic N) is 2. The second-order valence-corrected chi connectivity index (χ2v) is 6.90. The number of rotatable bonds is 4. The molecule has 2 nitrogen and oxygen atoms in total. The van der Waals surface area contributed by atoms with Crippen LogP contribution in [0.5, 0.6) is 0 Å². The normalized spacial score (nSPS) is 11.6. The smallest absolute Gasteiger partial charge is 0.152 e. The van der Waals surface area contributed by atoms with Crippen LogP contribution in [0.25, 0.3) is 10.0 Å². The van der Waals surface area contributed by atoms with Gasteiger partial charge in [-0.25, -0.2) is 9.97 Å². The third kappa shape index (κ3) is 2.93. The van der Waals surface area contributed by atoms with Crippen LogP contribution in [0.15, 0.2) is 11.6 Å². The van der Waals surface area contributed by atoms with Gasteiger partial charge in [-0.05, 0) is 18.3 Å². The van der Waals surface area contributed by atoms with E-state index in [0.717, 1.165) is 16.4 Å². The molecule has 0 fully saturated rings. The fourth-order valence-electron chi connectivity index (χ4n) is 1.75. The molecule has 0 radical (unpaired) electrons. The first kappa shape index (κ1) is 12.7. The van der Waals surface area contributed by atoms with Gasteiger partial charge in [-0.15, -0.1) is 22.7 Å². The molecule has 2 aromatic rings. The minimum Gasteiger partial charge on any atom is -0.242 e. The molecule has 0 N–H and O–H groups in total. The molecule has 2 heterocycles. The first-order chi connectivity index (χ1) is 8.08. The van der Waals surface area contributed by atoms with Gasteiger partial charge in [0.15, 0.2) is 10.0 Å². The second-order valence-electron chi connectivity index (χ2n) is 4.92. The largest absolute Gasteiger partial charge is 0.242 e. The van der Waals surface area contributed by atoms with Crippen molar-refractivity contribution in [3.63, 3.8) is 0 Å². The van der Waals surface area contributed by atoms with Crippen LogP contribution >= 0.6 is 22.7 Å². The molecular weight excluding hydrogens is 248 g/mol. The van der Waals surface area contributed by atoms with E-state index in [9.17, 15) is 0 Å². The van der Waals surface area contributed by atoms with Gasteiger partial charge in [0, 0.05) is 16.5 Å². The summed E-state index contributed by atoms with van der Waals surface area (Å²) >= 11 is 3.48. The minimum absolute atomic E-state index is 0.494. The van der Waals surface area contributed by atoms with Crippen LogP contribution in [0.3, 0.4) is 0 Å². The fourth-order valence-corrected chi connectivity index (χ4v) is 3.86. The molecule has 0 unspecified atom stereocenters. The molecule has 0 aliphatic rings. The van der Waals surface area contributed by atoms with Gasteiger partial charge in [-0.3, -0.25) is 0 Å². The Balaban J connectivity index is 2.37. The summed E-state index contributed by atoms with van der Waals surface area (Å²) in [5.41, 5.74) is 1.26. The summed E-state index contributed by atoms with van der Waals surface area (Å²) in [6.45, 7) is 8.94. The van der Waals surface area contributed by atoms with E-state index in [1.165, 1.54) is 10.6 Å². The highest BCUT2D eigenvalue weighted by molar-refractivity contribution is 7.20. The summed E-state index contributed by atoms with van der Waals surface area (Å²) in [4.78, 5) is 10.5. The van der Waals surface area contributed by atoms with Crippen LogP contribution in [-0.4, -0.2) is 9.97 Å². The van der Waals surface area contributed by atoms with Gasteiger partial charge in [0.25, 0.3) is 0 Å². The lowest BCUT2D eigenvalue weighted by atomic mass is 10.0. The van der Waals surface area contributed by atoms with E-state index in [2.05, 4.69) is 32.7 Å². The van der Waals surface area contributed by atoms with E-state index in [4.69, 9.17) is 4.98 Å². The zero-order chi connectivity index (χ0) is 12.4. The monoisotopic (exact) mass is 266 g/mol. The predicted molar refractivity (Wildman–Crippen MR) is 75.9 cm³/mol. The van der Waals surface area contributed by atoms with E-state index < -0.39 is 0 Å². The lowest BCUT2D eigenvalue weighted by molar-refractivity contribution is 0.643. The van der Waals surface area contributed by atoms with Crippen molar-refractivity contribution < 1.29 is 0 Å². The summed E-state index contributed by atoms with van der Waals surface area (Å²) in [6, 6.07) is 0. The Labute approximate surface area is 111 Å². The average molecular weight is 266 g/mol. The Hall–Kier alpha value is -0.740. The maximum Gasteiger partial charge on any atom is 0.152 e. The van der Waals surface area contributed by atoms with Gasteiger partial charge >= 0.3 is 0 Å². The van der Waals surface area contributed by atoms with Crippen LogP contribution < -0.4 is 0 Å². The molecule has 0 saturated heterocycles. The molecule has 0 atom stereocenters. The van der Waals surface area contributed by atoms with Crippen molar-refractivity contribution in [3.8, 4) is 10.0 Å². The number of aromatic nitrogens is 2. The lowest BCUT2D eigenvalue weighted by Gasteiger charge is -2.06. The Morgan fingerprint density at radius 1 is 1.18 bits per heavy atom. The SMILES string of the molecule is CC(C)Cc1sc(-c2nccs2)nc1C(C)C. The van der Waals surface area contributed by atoms with E-state index >= 15 is 0 Å². The maximum atomic E-state index is 4.77. The van der Waals surface area contributed by atoms with Gasteiger partial charge in [-0.1, -0.05) is 27.7 Å². The van der Waals surface area contributed by atoms with Crippen LogP contribution in [0.2, 0.25) is 0 Å². The molecular formula is C13H18N2S2. The second kappa shape index (κ2) is 5.27. The van der Waals surface area contributed by atoms with Gasteiger partial charge in [0.2, 0.25) is 0 Å². The van der Waals surface area contributed by atoms with Crippen molar-refractivity contribution in [1.29, 1.82) is 0 Å². The Morgan fingerprint density at radius 2 is 1.94 bits per heavy atom. The van der Waals surface area contributed by atoms with Crippen LogP contribution in [0.1, 0.15) is 44.2 Å². The summed E-state index contributed by atoms with van der Waals surface area (Å²) < 4.78 is 0. The van der Waals surface area contributed by atoms with Crippen LogP contribution in [0, 0.1) is 5.92 Å². The summed E-state index contributed by atoms with van der Waals surface area (Å²) in [6.07, 6.45) is 2.97. The van der Waals surface area contributed by atoms with Gasteiger partial charge in [-0.2, -0.15) is 0 Å². The third-order valence-electron chi connectivity index (χ3n) is 2.48. The molecule has 0 amide bonds. The molecule has 0 aliphatic carbocycles. The Kier molecular flexibility index (Phi) is 3.94. The molecule has 0 bridgehead atoms. The summed E-state index contributed by atoms with van der Waals surface area (Å²) in [5, 5.41) is 4.14. The topological polar surface area (TPSA) is 25.8 Å². The predicted octanol–water partition coefficient (Wildman–Crippen LogP) is 4.59. The Bertz CT molecular complexity index is 470. The number of hydrogen-bond donors (Lipinski definition) is 0. The van der Waals surface area contributed by atoms with Gasteiger partial charge in [0.1, 0.15) is 0 Å². The van der Waals surface area contributed by atoms with E-state index in [1.54, 1.807) is 11.3 Å². The molecule has 17 heavy (non-hydrogen) atoms. The standard InChI is InChI=1S/C13H18N2S2/c1-8(2)7-10-11(9(3)4)15-13(17-10)12-14-5-6-16-12/h5-6,8-9H,7H2,1-4H3. The van der Waals surface area contributed by atoms with Crippen molar-refractivity contribution in [2.45, 2.75) is 40.0 Å². The highest BCUT2D eigenvalue weighted by atomic mass is 32.1. The minimum atomic E-state index is 0.494. The third-order valence-corrected chi connectivity index (χ3v) is 4.49. The molecule has 4 heteroatoms. The number of hydrogen-bond acceptors (Lipinski definition) is 4. The lowest BCUT2D eigenvalue weighted by Crippen LogP contribution is -1.98. The van der Waals surface area contributed by atoms with Gasteiger partial charge < -0.3 is 0 Å². The van der Waals surface area contributed by atoms with Crippen molar-refractivity contribution in [2.75, 3.05) is 0 Å². The average Bonchev–Trinajstić information content (AvgIpc) is 2.82. The molecule has 0 spiro atoms. The zero-order valence-electron chi connectivity index (χ0n) is 10.7. The number of thiazole rings is 2. The highest BCUT2D eigenvalue weighted by Gasteiger charge is 2.17. The van der Waals surface area contributed by atoms with E-state index in [1.807, 2.05) is 22.9 Å². The van der Waals surface area contributed by atoms with Crippen molar-refractivity contribution in [1.82, 2.24) is 9.97 Å². The first-order valence-electron chi connectivity index (χ1n) is 5.97. The quantitative estimate of drug-likeness (QED) is 0.809. The van der Waals surface area contributed by atoms with E-state index in [0.29, 0.717) is 11.8 Å². The van der Waals surface area contributed by atoms with Gasteiger partial charge in [0.05, 0.1) is 5.69 Å². The molecule has 0 aromatic carbocycles. The van der Waals surface area contributed by atoms with Crippen LogP contribution in [-0.2, 0) is 6.42 Å². The van der Waals surface area contributed by atoms with Crippen molar-refractivity contribution >= 4 is 22.7 Å². The van der Waals surface area contributed by atoms with Crippen molar-refractivity contribution in [3.05, 3.63) is 22.1 Å². The molecule has 0 saturated carbocycles.